The van der Waals surface area contributed by atoms with Crippen LogP contribution in [0, 0.1) is 0 Å². The zero-order valence-corrected chi connectivity index (χ0v) is 24.9. The van der Waals surface area contributed by atoms with Gasteiger partial charge in [0.1, 0.15) is 18.0 Å². The fourth-order valence-electron chi connectivity index (χ4n) is 3.55. The molecule has 0 fully saturated rings. The van der Waals surface area contributed by atoms with E-state index in [2.05, 4.69) is 20.6 Å². The Morgan fingerprint density at radius 2 is 1.14 bits per heavy atom. The number of benzene rings is 2. The minimum absolute atomic E-state index is 0.137. The number of amides is 3. The quantitative estimate of drug-likeness (QED) is 0.191. The highest BCUT2D eigenvalue weighted by atomic mass is 35.5. The molecule has 2 aromatic heterocycles. The highest BCUT2D eigenvalue weighted by Crippen LogP contribution is 2.27. The van der Waals surface area contributed by atoms with Crippen molar-refractivity contribution in [2.45, 2.75) is 0 Å². The second-order valence-corrected chi connectivity index (χ2v) is 10.1. The Bertz CT molecular complexity index is 1700. The molecular weight excluding hydrogens is 613 g/mol. The Morgan fingerprint density at radius 3 is 1.50 bits per heavy atom. The van der Waals surface area contributed by atoms with Crippen LogP contribution in [0.5, 0.6) is 11.5 Å². The third-order valence-corrected chi connectivity index (χ3v) is 6.25. The van der Waals surface area contributed by atoms with E-state index in [0.29, 0.717) is 21.2 Å². The summed E-state index contributed by atoms with van der Waals surface area (Å²) in [6.45, 7) is -0.709. The van der Waals surface area contributed by atoms with Crippen molar-refractivity contribution in [1.82, 2.24) is 25.5 Å². The van der Waals surface area contributed by atoms with E-state index in [-0.39, 0.29) is 35.3 Å². The van der Waals surface area contributed by atoms with E-state index < -0.39 is 24.3 Å². The van der Waals surface area contributed by atoms with E-state index in [1.165, 1.54) is 29.4 Å². The third kappa shape index (κ3) is 9.41. The molecule has 2 aromatic carbocycles. The van der Waals surface area contributed by atoms with Crippen LogP contribution in [0.3, 0.4) is 0 Å². The number of hydrogen-bond acceptors (Lipinski definition) is 8. The van der Waals surface area contributed by atoms with Crippen molar-refractivity contribution < 1.29 is 34.5 Å². The van der Waals surface area contributed by atoms with Gasteiger partial charge < -0.3 is 30.9 Å². The van der Waals surface area contributed by atoms with Crippen molar-refractivity contribution in [3.05, 3.63) is 94.5 Å². The molecule has 0 aliphatic carbocycles. The first-order valence-corrected chi connectivity index (χ1v) is 13.5. The molecule has 4 aromatic rings. The molecule has 0 spiro atoms. The topological polar surface area (TPSA) is 182 Å². The van der Waals surface area contributed by atoms with Gasteiger partial charge in [-0.1, -0.05) is 47.5 Å². The molecule has 0 unspecified atom stereocenters. The summed E-state index contributed by atoms with van der Waals surface area (Å²) < 4.78 is 0. The van der Waals surface area contributed by atoms with Crippen molar-refractivity contribution >= 4 is 46.9 Å². The van der Waals surface area contributed by atoms with Crippen molar-refractivity contribution in [3.8, 4) is 33.8 Å². The molecule has 0 saturated carbocycles. The zero-order valence-electron chi connectivity index (χ0n) is 23.4. The number of hydrogen-bond donors (Lipinski definition) is 5. The van der Waals surface area contributed by atoms with Crippen molar-refractivity contribution in [3.63, 3.8) is 0 Å². The Labute approximate surface area is 261 Å². The summed E-state index contributed by atoms with van der Waals surface area (Å²) in [5, 5.41) is 34.0. The molecule has 0 aliphatic rings. The molecule has 44 heavy (non-hydrogen) atoms. The summed E-state index contributed by atoms with van der Waals surface area (Å²) in [6.07, 6.45) is 2.87. The first-order chi connectivity index (χ1) is 20.8. The maximum atomic E-state index is 12.0. The number of carbonyl (C=O) groups excluding carboxylic acids is 3. The van der Waals surface area contributed by atoms with Crippen LogP contribution in [0.2, 0.25) is 10.0 Å². The lowest BCUT2D eigenvalue weighted by molar-refractivity contribution is -0.135. The molecule has 14 heteroatoms. The number of aromatic hydroxyl groups is 2. The maximum Gasteiger partial charge on any atom is 0.322 e. The molecule has 12 nitrogen and oxygen atoms in total. The van der Waals surface area contributed by atoms with Crippen LogP contribution < -0.4 is 10.6 Å². The molecule has 4 rings (SSSR count). The molecule has 0 bridgehead atoms. The number of likely N-dealkylation sites (N-methyl/N-ethyl adjacent to an activating group) is 1. The minimum atomic E-state index is -1.18. The summed E-state index contributed by atoms with van der Waals surface area (Å²) >= 11 is 11.8. The van der Waals surface area contributed by atoms with Gasteiger partial charge in [-0.05, 0) is 47.5 Å². The monoisotopic (exact) mass is 639 g/mol. The fraction of sp³-hybridized carbons (Fsp3) is 0.133. The summed E-state index contributed by atoms with van der Waals surface area (Å²) in [7, 11) is 3.17. The predicted molar refractivity (Wildman–Crippen MR) is 164 cm³/mol. The average molecular weight is 640 g/mol. The van der Waals surface area contributed by atoms with Gasteiger partial charge in [-0.3, -0.25) is 19.2 Å². The Morgan fingerprint density at radius 1 is 0.705 bits per heavy atom. The van der Waals surface area contributed by atoms with Crippen LogP contribution in [-0.2, 0) is 9.59 Å². The summed E-state index contributed by atoms with van der Waals surface area (Å²) in [5.74, 6) is -3.41. The maximum absolute atomic E-state index is 12.0. The molecule has 0 aliphatic heterocycles. The van der Waals surface area contributed by atoms with Crippen LogP contribution in [0.25, 0.3) is 22.3 Å². The number of halogens is 2. The molecule has 0 saturated heterocycles. The SMILES string of the molecule is CN(C)C(=O)CNC(=O)c1ncc(-c2cccc(Cl)c2)cc1O.O=C(O)CNC(=O)c1ncc(-c2cccc(Cl)c2)cc1O. The normalized spacial score (nSPS) is 10.2. The highest BCUT2D eigenvalue weighted by Gasteiger charge is 2.16. The number of aromatic nitrogens is 2. The van der Waals surface area contributed by atoms with Crippen molar-refractivity contribution in [1.29, 1.82) is 0 Å². The zero-order chi connectivity index (χ0) is 32.4. The molecular formula is C30H27Cl2N5O7. The largest absolute Gasteiger partial charge is 0.505 e. The molecule has 2 heterocycles. The van der Waals surface area contributed by atoms with Gasteiger partial charge in [0.15, 0.2) is 11.4 Å². The van der Waals surface area contributed by atoms with Gasteiger partial charge >= 0.3 is 5.97 Å². The predicted octanol–water partition coefficient (Wildman–Crippen LogP) is 3.85. The molecule has 3 amide bonds. The average Bonchev–Trinajstić information content (AvgIpc) is 2.98. The van der Waals surface area contributed by atoms with Gasteiger partial charge in [0, 0.05) is 47.7 Å². The lowest BCUT2D eigenvalue weighted by Gasteiger charge is -2.11. The number of nitrogens with one attached hydrogen (secondary N) is 2. The van der Waals surface area contributed by atoms with E-state index in [0.717, 1.165) is 11.1 Å². The summed E-state index contributed by atoms with van der Waals surface area (Å²) in [4.78, 5) is 54.7. The Hall–Kier alpha value is -5.20. The minimum Gasteiger partial charge on any atom is -0.505 e. The number of carboxylic acid groups (broad SMARTS) is 1. The number of carbonyl (C=O) groups is 4. The fourth-order valence-corrected chi connectivity index (χ4v) is 3.93. The van der Waals surface area contributed by atoms with E-state index in [4.69, 9.17) is 28.3 Å². The van der Waals surface area contributed by atoms with Crippen LogP contribution in [0.15, 0.2) is 73.1 Å². The molecule has 0 radical (unpaired) electrons. The van der Waals surface area contributed by atoms with Gasteiger partial charge in [-0.15, -0.1) is 0 Å². The second kappa shape index (κ2) is 15.3. The molecule has 5 N–H and O–H groups in total. The van der Waals surface area contributed by atoms with E-state index in [1.54, 1.807) is 56.6 Å². The van der Waals surface area contributed by atoms with Gasteiger partial charge in [0.25, 0.3) is 11.8 Å². The van der Waals surface area contributed by atoms with E-state index in [9.17, 15) is 29.4 Å². The second-order valence-electron chi connectivity index (χ2n) is 9.25. The lowest BCUT2D eigenvalue weighted by Crippen LogP contribution is -2.36. The highest BCUT2D eigenvalue weighted by molar-refractivity contribution is 6.31. The number of pyridine rings is 2. The van der Waals surface area contributed by atoms with Gasteiger partial charge in [-0.2, -0.15) is 0 Å². The van der Waals surface area contributed by atoms with Crippen LogP contribution >= 0.6 is 23.2 Å². The van der Waals surface area contributed by atoms with Gasteiger partial charge in [-0.25, -0.2) is 9.97 Å². The third-order valence-electron chi connectivity index (χ3n) is 5.78. The number of aliphatic carboxylic acids is 1. The number of nitrogens with zero attached hydrogens (tertiary/aromatic N) is 3. The van der Waals surface area contributed by atoms with E-state index in [1.807, 2.05) is 6.07 Å². The van der Waals surface area contributed by atoms with Crippen LogP contribution in [0.4, 0.5) is 0 Å². The van der Waals surface area contributed by atoms with Gasteiger partial charge in [0.2, 0.25) is 5.91 Å². The van der Waals surface area contributed by atoms with Crippen molar-refractivity contribution in [2.75, 3.05) is 27.2 Å². The standard InChI is InChI=1S/C16H16ClN3O3.C14H11ClN2O4/c1-20(2)14(22)9-19-16(23)15-13(21)7-11(8-18-15)10-4-3-5-12(17)6-10;15-10-3-1-2-8(4-10)9-5-11(18)13(16-6-9)14(21)17-7-12(19)20/h3-8,21H,9H2,1-2H3,(H,19,23);1-6,18H,7H2,(H,17,21)(H,19,20). The van der Waals surface area contributed by atoms with Gasteiger partial charge in [0.05, 0.1) is 6.54 Å². The molecule has 0 atom stereocenters. The Kier molecular flexibility index (Phi) is 11.6. The number of rotatable bonds is 8. The summed E-state index contributed by atoms with van der Waals surface area (Å²) in [6, 6.07) is 16.8. The number of carboxylic acids is 1. The van der Waals surface area contributed by atoms with E-state index >= 15 is 0 Å². The van der Waals surface area contributed by atoms with Crippen LogP contribution in [0.1, 0.15) is 21.0 Å². The van der Waals surface area contributed by atoms with Crippen LogP contribution in [-0.4, -0.2) is 81.1 Å². The Balaban J connectivity index is 0.000000241. The lowest BCUT2D eigenvalue weighted by atomic mass is 10.1. The van der Waals surface area contributed by atoms with Crippen molar-refractivity contribution in [2.24, 2.45) is 0 Å². The first-order valence-electron chi connectivity index (χ1n) is 12.7. The molecule has 228 valence electrons. The smallest absolute Gasteiger partial charge is 0.322 e. The summed E-state index contributed by atoms with van der Waals surface area (Å²) in [5.41, 5.74) is 2.36. The first kappa shape index (κ1) is 33.3.